The van der Waals surface area contributed by atoms with Crippen LogP contribution >= 0.6 is 0 Å². The zero-order valence-corrected chi connectivity index (χ0v) is 28.1. The molecule has 0 saturated heterocycles. The van der Waals surface area contributed by atoms with Crippen LogP contribution in [0.15, 0.2) is 34.9 Å². The monoisotopic (exact) mass is 616 g/mol. The van der Waals surface area contributed by atoms with Gasteiger partial charge in [0.15, 0.2) is 6.29 Å². The van der Waals surface area contributed by atoms with Crippen LogP contribution in [0, 0.1) is 39.9 Å². The third-order valence-electron chi connectivity index (χ3n) is 12.0. The Labute approximate surface area is 263 Å². The molecular formula is C36H56O8. The zero-order chi connectivity index (χ0) is 32.9. The van der Waals surface area contributed by atoms with Gasteiger partial charge in [-0.05, 0) is 84.3 Å². The summed E-state index contributed by atoms with van der Waals surface area (Å²) in [6, 6.07) is 0. The lowest BCUT2D eigenvalue weighted by atomic mass is 9.45. The van der Waals surface area contributed by atoms with Crippen molar-refractivity contribution in [3.8, 4) is 0 Å². The molecule has 0 amide bonds. The highest BCUT2D eigenvalue weighted by Gasteiger charge is 2.65. The molecule has 0 radical (unpaired) electrons. The second-order valence-corrected chi connectivity index (χ2v) is 15.5. The number of fused-ring (bicyclic) bond motifs is 4. The highest BCUT2D eigenvalue weighted by Crippen LogP contribution is 2.67. The number of rotatable bonds is 10. The Morgan fingerprint density at radius 1 is 1.02 bits per heavy atom. The van der Waals surface area contributed by atoms with Crippen molar-refractivity contribution >= 4 is 11.9 Å². The molecule has 0 aliphatic heterocycles. The van der Waals surface area contributed by atoms with Crippen LogP contribution in [0.2, 0.25) is 0 Å². The third kappa shape index (κ3) is 5.96. The molecule has 8 heteroatoms. The lowest BCUT2D eigenvalue weighted by Gasteiger charge is -2.62. The van der Waals surface area contributed by atoms with E-state index in [4.69, 9.17) is 9.47 Å². The number of allylic oxidation sites excluding steroid dienone is 3. The maximum Gasteiger partial charge on any atom is 0.306 e. The van der Waals surface area contributed by atoms with E-state index in [1.165, 1.54) is 18.1 Å². The Balaban J connectivity index is 1.70. The van der Waals surface area contributed by atoms with Crippen molar-refractivity contribution in [3.63, 3.8) is 0 Å². The quantitative estimate of drug-likeness (QED) is 0.146. The maximum absolute atomic E-state index is 12.6. The molecule has 1 fully saturated rings. The predicted octanol–water partition coefficient (Wildman–Crippen LogP) is 5.38. The van der Waals surface area contributed by atoms with Gasteiger partial charge in [-0.2, -0.15) is 0 Å². The van der Waals surface area contributed by atoms with Crippen LogP contribution in [0.1, 0.15) is 107 Å². The van der Waals surface area contributed by atoms with Gasteiger partial charge in [0.05, 0.1) is 12.5 Å². The topological polar surface area (TPSA) is 134 Å². The van der Waals surface area contributed by atoms with E-state index in [0.717, 1.165) is 43.3 Å². The summed E-state index contributed by atoms with van der Waals surface area (Å²) >= 11 is 0. The van der Waals surface area contributed by atoms with Gasteiger partial charge < -0.3 is 29.9 Å². The van der Waals surface area contributed by atoms with Crippen LogP contribution in [0.3, 0.4) is 0 Å². The highest BCUT2D eigenvalue weighted by molar-refractivity contribution is 5.70. The van der Waals surface area contributed by atoms with Crippen molar-refractivity contribution in [2.24, 2.45) is 39.9 Å². The first-order valence-electron chi connectivity index (χ1n) is 16.6. The third-order valence-corrected chi connectivity index (χ3v) is 12.0. The van der Waals surface area contributed by atoms with Gasteiger partial charge in [0, 0.05) is 24.2 Å². The van der Waals surface area contributed by atoms with E-state index in [1.807, 2.05) is 13.8 Å². The van der Waals surface area contributed by atoms with Crippen molar-refractivity contribution in [3.05, 3.63) is 34.9 Å². The van der Waals surface area contributed by atoms with Crippen molar-refractivity contribution in [2.45, 2.75) is 137 Å². The first-order chi connectivity index (χ1) is 20.4. The van der Waals surface area contributed by atoms with Crippen LogP contribution in [-0.4, -0.2) is 63.1 Å². The van der Waals surface area contributed by atoms with E-state index in [0.29, 0.717) is 11.8 Å². The SMILES string of the molecule is C=C(CC[C@H](C)[C@H]1CC=C2C3=C(C(O)C(OC(C)=O)C21C)C1(C)CC(O)C(OC(=O)CCC(O)O)C(C)(C)C1CC3)C(C)C. The minimum absolute atomic E-state index is 0.0332. The van der Waals surface area contributed by atoms with E-state index in [9.17, 15) is 30.0 Å². The summed E-state index contributed by atoms with van der Waals surface area (Å²) in [7, 11) is 0. The smallest absolute Gasteiger partial charge is 0.306 e. The van der Waals surface area contributed by atoms with E-state index in [-0.39, 0.29) is 31.1 Å². The summed E-state index contributed by atoms with van der Waals surface area (Å²) in [6.07, 6.45) is 1.43. The molecule has 4 rings (SSSR count). The maximum atomic E-state index is 12.6. The van der Waals surface area contributed by atoms with Crippen LogP contribution in [0.4, 0.5) is 0 Å². The average Bonchev–Trinajstić information content (AvgIpc) is 3.27. The van der Waals surface area contributed by atoms with Gasteiger partial charge in [-0.15, -0.1) is 0 Å². The Hall–Kier alpha value is -2.00. The van der Waals surface area contributed by atoms with Crippen LogP contribution < -0.4 is 0 Å². The molecule has 44 heavy (non-hydrogen) atoms. The molecule has 0 aromatic carbocycles. The molecule has 9 atom stereocenters. The second kappa shape index (κ2) is 12.7. The van der Waals surface area contributed by atoms with Crippen molar-refractivity contribution < 1.29 is 39.5 Å². The molecule has 7 unspecified atom stereocenters. The lowest BCUT2D eigenvalue weighted by molar-refractivity contribution is -0.198. The minimum atomic E-state index is -1.60. The normalized spacial score (nSPS) is 36.7. The Bertz CT molecular complexity index is 1200. The fourth-order valence-electron chi connectivity index (χ4n) is 9.72. The molecular weight excluding hydrogens is 560 g/mol. The number of hydrogen-bond donors (Lipinski definition) is 4. The van der Waals surface area contributed by atoms with Crippen LogP contribution in [0.25, 0.3) is 0 Å². The molecule has 248 valence electrons. The Kier molecular flexibility index (Phi) is 10.0. The van der Waals surface area contributed by atoms with E-state index in [2.05, 4.69) is 47.3 Å². The average molecular weight is 617 g/mol. The van der Waals surface area contributed by atoms with Crippen molar-refractivity contribution in [2.75, 3.05) is 0 Å². The standard InChI is InChI=1S/C36H56O8/c1-19(2)20(3)10-11-21(4)24-13-14-25-23-12-15-27-34(6,7)32(44-29(41)17-16-28(39)40)26(38)18-35(27,8)30(23)31(42)33(36(24,25)9)43-22(5)37/h14,19,21,24,26-28,31-33,38-40,42H,3,10-13,15-18H2,1-2,4-9H3/t21-,24+,26?,27?,31?,32?,33?,35?,36?/m0/s1. The largest absolute Gasteiger partial charge is 0.459 e. The fraction of sp³-hybridized carbons (Fsp3) is 0.778. The van der Waals surface area contributed by atoms with E-state index >= 15 is 0 Å². The lowest BCUT2D eigenvalue weighted by Crippen LogP contribution is -2.63. The zero-order valence-electron chi connectivity index (χ0n) is 28.1. The summed E-state index contributed by atoms with van der Waals surface area (Å²) in [5.41, 5.74) is 2.58. The molecule has 0 aromatic heterocycles. The molecule has 4 aliphatic rings. The molecule has 8 nitrogen and oxygen atoms in total. The van der Waals surface area contributed by atoms with Gasteiger partial charge in [0.2, 0.25) is 0 Å². The number of ether oxygens (including phenoxy) is 2. The fourth-order valence-corrected chi connectivity index (χ4v) is 9.72. The number of aliphatic hydroxyl groups excluding tert-OH is 3. The van der Waals surface area contributed by atoms with Gasteiger partial charge in [0.25, 0.3) is 0 Å². The number of carbonyl (C=O) groups excluding carboxylic acids is 2. The van der Waals surface area contributed by atoms with Gasteiger partial charge in [-0.3, -0.25) is 9.59 Å². The number of carbonyl (C=O) groups is 2. The van der Waals surface area contributed by atoms with Gasteiger partial charge in [-0.25, -0.2) is 0 Å². The Morgan fingerprint density at radius 3 is 2.27 bits per heavy atom. The Morgan fingerprint density at radius 2 is 1.68 bits per heavy atom. The molecule has 0 heterocycles. The van der Waals surface area contributed by atoms with Crippen molar-refractivity contribution in [1.29, 1.82) is 0 Å². The predicted molar refractivity (Wildman–Crippen MR) is 168 cm³/mol. The van der Waals surface area contributed by atoms with E-state index < -0.39 is 58.9 Å². The first kappa shape index (κ1) is 34.9. The second-order valence-electron chi connectivity index (χ2n) is 15.5. The van der Waals surface area contributed by atoms with E-state index in [1.54, 1.807) is 0 Å². The van der Waals surface area contributed by atoms with Gasteiger partial charge in [-0.1, -0.05) is 66.7 Å². The number of esters is 2. The highest BCUT2D eigenvalue weighted by atomic mass is 16.6. The first-order valence-corrected chi connectivity index (χ1v) is 16.6. The molecule has 4 N–H and O–H groups in total. The summed E-state index contributed by atoms with van der Waals surface area (Å²) in [4.78, 5) is 25.2. The van der Waals surface area contributed by atoms with Gasteiger partial charge in [0.1, 0.15) is 18.3 Å². The van der Waals surface area contributed by atoms with Crippen molar-refractivity contribution in [1.82, 2.24) is 0 Å². The molecule has 0 aromatic rings. The molecule has 4 aliphatic carbocycles. The molecule has 0 bridgehead atoms. The summed E-state index contributed by atoms with van der Waals surface area (Å²) in [5.74, 6) is -0.102. The molecule has 0 spiro atoms. The summed E-state index contributed by atoms with van der Waals surface area (Å²) < 4.78 is 11.9. The number of hydrogen-bond acceptors (Lipinski definition) is 8. The van der Waals surface area contributed by atoms with Crippen LogP contribution in [0.5, 0.6) is 0 Å². The minimum Gasteiger partial charge on any atom is -0.459 e. The number of aliphatic hydroxyl groups is 4. The van der Waals surface area contributed by atoms with Crippen LogP contribution in [-0.2, 0) is 19.1 Å². The summed E-state index contributed by atoms with van der Waals surface area (Å²) in [6.45, 7) is 20.5. The summed E-state index contributed by atoms with van der Waals surface area (Å²) in [5, 5.41) is 42.2. The molecule has 1 saturated carbocycles. The van der Waals surface area contributed by atoms with Gasteiger partial charge >= 0.3 is 11.9 Å².